The molecule has 0 spiro atoms. The summed E-state index contributed by atoms with van der Waals surface area (Å²) in [6, 6.07) is 17.8. The van der Waals surface area contributed by atoms with Gasteiger partial charge in [-0.3, -0.25) is 0 Å². The van der Waals surface area contributed by atoms with Crippen molar-refractivity contribution in [3.05, 3.63) is 59.7 Å². The lowest BCUT2D eigenvalue weighted by Crippen LogP contribution is -2.35. The first kappa shape index (κ1) is 18.5. The molecule has 1 unspecified atom stereocenters. The Bertz CT molecular complexity index is 743. The molecule has 0 aliphatic rings. The molecule has 4 nitrogen and oxygen atoms in total. The Morgan fingerprint density at radius 2 is 1.52 bits per heavy atom. The highest BCUT2D eigenvalue weighted by Crippen LogP contribution is 2.24. The minimum Gasteiger partial charge on any atom is -0.465 e. The predicted octanol–water partition coefficient (Wildman–Crippen LogP) is 4.96. The lowest BCUT2D eigenvalue weighted by molar-refractivity contribution is 0.136. The summed E-state index contributed by atoms with van der Waals surface area (Å²) in [6.45, 7) is 7.12. The Kier molecular flexibility index (Phi) is 6.19. The molecule has 1 amide bonds. The molecule has 0 aliphatic heterocycles. The van der Waals surface area contributed by atoms with E-state index in [9.17, 15) is 9.90 Å². The number of benzene rings is 2. The van der Waals surface area contributed by atoms with Crippen LogP contribution >= 0.6 is 0 Å². The lowest BCUT2D eigenvalue weighted by atomic mass is 9.96. The van der Waals surface area contributed by atoms with Crippen molar-refractivity contribution in [2.75, 3.05) is 13.1 Å². The van der Waals surface area contributed by atoms with Gasteiger partial charge in [0.2, 0.25) is 0 Å². The summed E-state index contributed by atoms with van der Waals surface area (Å²) in [5.41, 5.74) is 3.91. The molecule has 0 radical (unpaired) electrons. The summed E-state index contributed by atoms with van der Waals surface area (Å²) < 4.78 is 0. The van der Waals surface area contributed by atoms with E-state index >= 15 is 0 Å². The Hall–Kier alpha value is -2.80. The number of amides is 1. The van der Waals surface area contributed by atoms with Crippen LogP contribution in [0.1, 0.15) is 37.8 Å². The summed E-state index contributed by atoms with van der Waals surface area (Å²) in [5, 5.41) is 18.2. The normalized spacial score (nSPS) is 11.8. The van der Waals surface area contributed by atoms with Gasteiger partial charge in [-0.25, -0.2) is 4.79 Å². The molecule has 0 aromatic heterocycles. The van der Waals surface area contributed by atoms with E-state index < -0.39 is 6.09 Å². The van der Waals surface area contributed by atoms with E-state index in [0.29, 0.717) is 24.6 Å². The van der Waals surface area contributed by atoms with Gasteiger partial charge in [0, 0.05) is 13.1 Å². The van der Waals surface area contributed by atoms with E-state index in [0.717, 1.165) is 16.7 Å². The quantitative estimate of drug-likeness (QED) is 0.810. The highest BCUT2D eigenvalue weighted by Gasteiger charge is 2.17. The molecular weight excluding hydrogens is 312 g/mol. The fraction of sp³-hybridized carbons (Fsp3) is 0.333. The molecule has 0 bridgehead atoms. The van der Waals surface area contributed by atoms with Crippen molar-refractivity contribution in [3.63, 3.8) is 0 Å². The van der Waals surface area contributed by atoms with Crippen molar-refractivity contribution >= 4 is 6.09 Å². The van der Waals surface area contributed by atoms with E-state index in [1.807, 2.05) is 69.3 Å². The van der Waals surface area contributed by atoms with Crippen LogP contribution in [0.25, 0.3) is 11.1 Å². The standard InChI is InChI=1S/C21H24N2O2/c1-15(2)13-23(21(24)25)14-16(3)18-8-10-20(11-9-18)19-6-4-17(12-22)5-7-19/h4-11,15-16H,13-14H2,1-3H3,(H,24,25). The maximum atomic E-state index is 11.4. The Balaban J connectivity index is 2.10. The van der Waals surface area contributed by atoms with Gasteiger partial charge in [0.25, 0.3) is 0 Å². The van der Waals surface area contributed by atoms with Crippen molar-refractivity contribution in [1.82, 2.24) is 4.90 Å². The fourth-order valence-corrected chi connectivity index (χ4v) is 2.85. The van der Waals surface area contributed by atoms with E-state index in [-0.39, 0.29) is 5.92 Å². The van der Waals surface area contributed by atoms with Crippen LogP contribution in [-0.4, -0.2) is 29.2 Å². The first-order valence-corrected chi connectivity index (χ1v) is 8.49. The summed E-state index contributed by atoms with van der Waals surface area (Å²) in [7, 11) is 0. The Morgan fingerprint density at radius 3 is 1.96 bits per heavy atom. The van der Waals surface area contributed by atoms with Gasteiger partial charge in [0.15, 0.2) is 0 Å². The number of carboxylic acid groups (broad SMARTS) is 1. The van der Waals surface area contributed by atoms with Crippen LogP contribution in [0.5, 0.6) is 0 Å². The number of carbonyl (C=O) groups is 1. The second kappa shape index (κ2) is 8.34. The average molecular weight is 336 g/mol. The van der Waals surface area contributed by atoms with Crippen molar-refractivity contribution in [2.45, 2.75) is 26.7 Å². The third-order valence-corrected chi connectivity index (χ3v) is 4.18. The summed E-state index contributed by atoms with van der Waals surface area (Å²) in [4.78, 5) is 12.9. The zero-order chi connectivity index (χ0) is 18.4. The number of hydrogen-bond acceptors (Lipinski definition) is 2. The highest BCUT2D eigenvalue weighted by atomic mass is 16.4. The van der Waals surface area contributed by atoms with Crippen LogP contribution in [0.4, 0.5) is 4.79 Å². The molecule has 4 heteroatoms. The number of nitrogens with zero attached hydrogens (tertiary/aromatic N) is 2. The third-order valence-electron chi connectivity index (χ3n) is 4.18. The monoisotopic (exact) mass is 336 g/mol. The summed E-state index contributed by atoms with van der Waals surface area (Å²) in [5.74, 6) is 0.437. The minimum atomic E-state index is -0.866. The molecule has 2 rings (SSSR count). The molecule has 0 heterocycles. The molecule has 0 saturated carbocycles. The maximum absolute atomic E-state index is 11.4. The van der Waals surface area contributed by atoms with Crippen LogP contribution < -0.4 is 0 Å². The van der Waals surface area contributed by atoms with E-state index in [2.05, 4.69) is 6.07 Å². The molecule has 0 saturated heterocycles. The molecule has 1 N–H and O–H groups in total. The van der Waals surface area contributed by atoms with Crippen LogP contribution in [0.3, 0.4) is 0 Å². The Labute approximate surface area is 149 Å². The van der Waals surface area contributed by atoms with Gasteiger partial charge in [0.1, 0.15) is 0 Å². The molecule has 2 aromatic rings. The first-order valence-electron chi connectivity index (χ1n) is 8.49. The predicted molar refractivity (Wildman–Crippen MR) is 99.4 cm³/mol. The second-order valence-corrected chi connectivity index (χ2v) is 6.79. The van der Waals surface area contributed by atoms with Crippen LogP contribution in [-0.2, 0) is 0 Å². The van der Waals surface area contributed by atoms with Crippen molar-refractivity contribution in [2.24, 2.45) is 5.92 Å². The minimum absolute atomic E-state index is 0.130. The number of nitriles is 1. The smallest absolute Gasteiger partial charge is 0.407 e. The third kappa shape index (κ3) is 5.09. The highest BCUT2D eigenvalue weighted by molar-refractivity contribution is 5.66. The van der Waals surface area contributed by atoms with Gasteiger partial charge >= 0.3 is 6.09 Å². The average Bonchev–Trinajstić information content (AvgIpc) is 2.61. The molecular formula is C21H24N2O2. The van der Waals surface area contributed by atoms with Crippen LogP contribution in [0.2, 0.25) is 0 Å². The van der Waals surface area contributed by atoms with E-state index in [1.165, 1.54) is 4.90 Å². The van der Waals surface area contributed by atoms with Crippen molar-refractivity contribution in [3.8, 4) is 17.2 Å². The lowest BCUT2D eigenvalue weighted by Gasteiger charge is -2.25. The van der Waals surface area contributed by atoms with E-state index in [4.69, 9.17) is 5.26 Å². The molecule has 1 atom stereocenters. The number of hydrogen-bond donors (Lipinski definition) is 1. The van der Waals surface area contributed by atoms with Gasteiger partial charge in [-0.1, -0.05) is 57.2 Å². The zero-order valence-corrected chi connectivity index (χ0v) is 14.9. The number of rotatable bonds is 6. The largest absolute Gasteiger partial charge is 0.465 e. The Morgan fingerprint density at radius 1 is 1.00 bits per heavy atom. The molecule has 2 aromatic carbocycles. The molecule has 0 fully saturated rings. The van der Waals surface area contributed by atoms with Crippen LogP contribution in [0, 0.1) is 17.2 Å². The fourth-order valence-electron chi connectivity index (χ4n) is 2.85. The second-order valence-electron chi connectivity index (χ2n) is 6.79. The molecule has 25 heavy (non-hydrogen) atoms. The zero-order valence-electron chi connectivity index (χ0n) is 14.9. The van der Waals surface area contributed by atoms with Gasteiger partial charge in [-0.2, -0.15) is 5.26 Å². The van der Waals surface area contributed by atoms with Crippen molar-refractivity contribution in [1.29, 1.82) is 5.26 Å². The SMILES string of the molecule is CC(C)CN(CC(C)c1ccc(-c2ccc(C#N)cc2)cc1)C(=O)O. The summed E-state index contributed by atoms with van der Waals surface area (Å²) >= 11 is 0. The van der Waals surface area contributed by atoms with Gasteiger partial charge in [0.05, 0.1) is 11.6 Å². The van der Waals surface area contributed by atoms with Crippen LogP contribution in [0.15, 0.2) is 48.5 Å². The molecule has 130 valence electrons. The van der Waals surface area contributed by atoms with Gasteiger partial charge < -0.3 is 10.0 Å². The molecule has 0 aliphatic carbocycles. The van der Waals surface area contributed by atoms with Gasteiger partial charge in [-0.15, -0.1) is 0 Å². The van der Waals surface area contributed by atoms with Crippen molar-refractivity contribution < 1.29 is 9.90 Å². The summed E-state index contributed by atoms with van der Waals surface area (Å²) in [6.07, 6.45) is -0.866. The van der Waals surface area contributed by atoms with E-state index in [1.54, 1.807) is 0 Å². The maximum Gasteiger partial charge on any atom is 0.407 e. The topological polar surface area (TPSA) is 64.3 Å². The first-order chi connectivity index (χ1) is 11.9. The van der Waals surface area contributed by atoms with Gasteiger partial charge in [-0.05, 0) is 40.7 Å².